The van der Waals surface area contributed by atoms with Crippen LogP contribution in [0.4, 0.5) is 5.69 Å². The topological polar surface area (TPSA) is 66.9 Å². The molecule has 0 spiro atoms. The molecule has 1 fully saturated rings. The van der Waals surface area contributed by atoms with Crippen molar-refractivity contribution in [3.8, 4) is 0 Å². The number of amides is 1. The fourth-order valence-corrected chi connectivity index (χ4v) is 4.43. The number of nitrogens with zero attached hydrogens (tertiary/aromatic N) is 2. The highest BCUT2D eigenvalue weighted by molar-refractivity contribution is 7.89. The molecule has 0 atom stereocenters. The van der Waals surface area contributed by atoms with E-state index in [9.17, 15) is 13.2 Å². The van der Waals surface area contributed by atoms with Gasteiger partial charge in [-0.15, -0.1) is 0 Å². The lowest BCUT2D eigenvalue weighted by Crippen LogP contribution is -2.40. The average Bonchev–Trinajstić information content (AvgIpc) is 2.74. The number of sulfonamides is 1. The molecule has 148 valence electrons. The van der Waals surface area contributed by atoms with E-state index in [1.165, 1.54) is 10.4 Å². The standard InChI is InChI=1S/C21H24N2O4S/c1-2-23(19-6-4-3-5-7-19)21(24)13-10-18-8-11-20(12-9-18)28(25,26)22-14-16-27-17-15-22/h3-13H,2,14-17H2,1H3/b13-10+. The maximum Gasteiger partial charge on any atom is 0.250 e. The summed E-state index contributed by atoms with van der Waals surface area (Å²) in [6.07, 6.45) is 3.20. The molecule has 1 aliphatic heterocycles. The van der Waals surface area contributed by atoms with Crippen molar-refractivity contribution >= 4 is 27.7 Å². The van der Waals surface area contributed by atoms with Gasteiger partial charge in [-0.3, -0.25) is 4.79 Å². The first-order chi connectivity index (χ1) is 13.5. The summed E-state index contributed by atoms with van der Waals surface area (Å²) in [7, 11) is -3.51. The van der Waals surface area contributed by atoms with E-state index >= 15 is 0 Å². The Labute approximate surface area is 166 Å². The smallest absolute Gasteiger partial charge is 0.250 e. The van der Waals surface area contributed by atoms with E-state index < -0.39 is 10.0 Å². The van der Waals surface area contributed by atoms with Gasteiger partial charge in [0.05, 0.1) is 18.1 Å². The van der Waals surface area contributed by atoms with Crippen molar-refractivity contribution in [2.45, 2.75) is 11.8 Å². The lowest BCUT2D eigenvalue weighted by atomic mass is 10.2. The summed E-state index contributed by atoms with van der Waals surface area (Å²) in [6.45, 7) is 4.04. The van der Waals surface area contributed by atoms with Crippen LogP contribution in [0.1, 0.15) is 12.5 Å². The summed E-state index contributed by atoms with van der Waals surface area (Å²) in [6, 6.07) is 16.0. The summed E-state index contributed by atoms with van der Waals surface area (Å²) >= 11 is 0. The molecule has 1 heterocycles. The summed E-state index contributed by atoms with van der Waals surface area (Å²) in [4.78, 5) is 14.4. The first-order valence-electron chi connectivity index (χ1n) is 9.25. The van der Waals surface area contributed by atoms with Gasteiger partial charge in [0.25, 0.3) is 5.91 Å². The van der Waals surface area contributed by atoms with Gasteiger partial charge < -0.3 is 9.64 Å². The minimum absolute atomic E-state index is 0.126. The number of likely N-dealkylation sites (N-methyl/N-ethyl adjacent to an activating group) is 1. The molecule has 1 saturated heterocycles. The third kappa shape index (κ3) is 4.67. The van der Waals surface area contributed by atoms with E-state index in [2.05, 4.69) is 0 Å². The lowest BCUT2D eigenvalue weighted by Gasteiger charge is -2.26. The van der Waals surface area contributed by atoms with Crippen LogP contribution < -0.4 is 4.90 Å². The highest BCUT2D eigenvalue weighted by atomic mass is 32.2. The molecule has 0 bridgehead atoms. The summed E-state index contributed by atoms with van der Waals surface area (Å²) in [5, 5.41) is 0. The van der Waals surface area contributed by atoms with Crippen molar-refractivity contribution in [1.82, 2.24) is 4.31 Å². The normalized spacial score (nSPS) is 15.6. The molecule has 3 rings (SSSR count). The van der Waals surface area contributed by atoms with Crippen LogP contribution in [0.5, 0.6) is 0 Å². The number of para-hydroxylation sites is 1. The van der Waals surface area contributed by atoms with E-state index in [4.69, 9.17) is 4.74 Å². The first-order valence-corrected chi connectivity index (χ1v) is 10.7. The number of morpholine rings is 1. The third-order valence-corrected chi connectivity index (χ3v) is 6.47. The Hall–Kier alpha value is -2.48. The second kappa shape index (κ2) is 9.14. The van der Waals surface area contributed by atoms with Crippen molar-refractivity contribution in [3.05, 3.63) is 66.2 Å². The van der Waals surface area contributed by atoms with Crippen molar-refractivity contribution in [1.29, 1.82) is 0 Å². The predicted molar refractivity (Wildman–Crippen MR) is 110 cm³/mol. The molecular formula is C21H24N2O4S. The molecule has 1 aliphatic rings. The van der Waals surface area contributed by atoms with Gasteiger partial charge in [-0.1, -0.05) is 30.3 Å². The second-order valence-electron chi connectivity index (χ2n) is 6.34. The van der Waals surface area contributed by atoms with Crippen LogP contribution >= 0.6 is 0 Å². The Morgan fingerprint density at radius 3 is 2.32 bits per heavy atom. The Kier molecular flexibility index (Phi) is 6.61. The van der Waals surface area contributed by atoms with E-state index in [0.29, 0.717) is 32.8 Å². The van der Waals surface area contributed by atoms with Crippen LogP contribution in [0, 0.1) is 0 Å². The van der Waals surface area contributed by atoms with Crippen molar-refractivity contribution < 1.29 is 17.9 Å². The minimum atomic E-state index is -3.51. The van der Waals surface area contributed by atoms with Crippen LogP contribution in [-0.2, 0) is 19.6 Å². The summed E-state index contributed by atoms with van der Waals surface area (Å²) in [5.41, 5.74) is 1.60. The largest absolute Gasteiger partial charge is 0.379 e. The number of benzene rings is 2. The van der Waals surface area contributed by atoms with Crippen LogP contribution in [0.25, 0.3) is 6.08 Å². The molecule has 0 radical (unpaired) electrons. The molecular weight excluding hydrogens is 376 g/mol. The molecule has 2 aromatic rings. The van der Waals surface area contributed by atoms with E-state index in [0.717, 1.165) is 11.3 Å². The quantitative estimate of drug-likeness (QED) is 0.700. The lowest BCUT2D eigenvalue weighted by molar-refractivity contribution is -0.114. The van der Waals surface area contributed by atoms with E-state index in [-0.39, 0.29) is 10.8 Å². The van der Waals surface area contributed by atoms with Gasteiger partial charge in [0, 0.05) is 31.4 Å². The Morgan fingerprint density at radius 1 is 1.07 bits per heavy atom. The number of carbonyl (C=O) groups excluding carboxylic acids is 1. The highest BCUT2D eigenvalue weighted by Crippen LogP contribution is 2.19. The van der Waals surface area contributed by atoms with E-state index in [1.807, 2.05) is 37.3 Å². The van der Waals surface area contributed by atoms with Gasteiger partial charge in [-0.2, -0.15) is 4.31 Å². The number of carbonyl (C=O) groups is 1. The fourth-order valence-electron chi connectivity index (χ4n) is 3.02. The van der Waals surface area contributed by atoms with Gasteiger partial charge in [0.2, 0.25) is 10.0 Å². The number of anilines is 1. The Bertz CT molecular complexity index is 919. The second-order valence-corrected chi connectivity index (χ2v) is 8.27. The molecule has 0 unspecified atom stereocenters. The highest BCUT2D eigenvalue weighted by Gasteiger charge is 2.25. The van der Waals surface area contributed by atoms with Crippen molar-refractivity contribution in [2.75, 3.05) is 37.7 Å². The molecule has 0 saturated carbocycles. The first kappa shape index (κ1) is 20.3. The zero-order valence-corrected chi connectivity index (χ0v) is 16.6. The number of rotatable bonds is 6. The van der Waals surface area contributed by atoms with Crippen LogP contribution in [0.2, 0.25) is 0 Å². The van der Waals surface area contributed by atoms with E-state index in [1.54, 1.807) is 35.2 Å². The molecule has 0 N–H and O–H groups in total. The zero-order chi connectivity index (χ0) is 20.0. The molecule has 28 heavy (non-hydrogen) atoms. The van der Waals surface area contributed by atoms with Gasteiger partial charge >= 0.3 is 0 Å². The molecule has 6 nitrogen and oxygen atoms in total. The number of ether oxygens (including phenoxy) is 1. The number of hydrogen-bond donors (Lipinski definition) is 0. The number of hydrogen-bond acceptors (Lipinski definition) is 4. The molecule has 0 aromatic heterocycles. The molecule has 1 amide bonds. The maximum atomic E-state index is 12.6. The minimum Gasteiger partial charge on any atom is -0.379 e. The van der Waals surface area contributed by atoms with Crippen LogP contribution in [0.15, 0.2) is 65.6 Å². The molecule has 2 aromatic carbocycles. The monoisotopic (exact) mass is 400 g/mol. The van der Waals surface area contributed by atoms with Crippen LogP contribution in [-0.4, -0.2) is 51.5 Å². The fraction of sp³-hybridized carbons (Fsp3) is 0.286. The van der Waals surface area contributed by atoms with Gasteiger partial charge in [0.15, 0.2) is 0 Å². The predicted octanol–water partition coefficient (Wildman–Crippen LogP) is 2.77. The third-order valence-electron chi connectivity index (χ3n) is 4.56. The van der Waals surface area contributed by atoms with Crippen molar-refractivity contribution in [3.63, 3.8) is 0 Å². The zero-order valence-electron chi connectivity index (χ0n) is 15.8. The molecule has 0 aliphatic carbocycles. The molecule has 7 heteroatoms. The van der Waals surface area contributed by atoms with Gasteiger partial charge in [-0.05, 0) is 42.8 Å². The Morgan fingerprint density at radius 2 is 1.71 bits per heavy atom. The average molecular weight is 401 g/mol. The van der Waals surface area contributed by atoms with Gasteiger partial charge in [-0.25, -0.2) is 8.42 Å². The van der Waals surface area contributed by atoms with Crippen molar-refractivity contribution in [2.24, 2.45) is 0 Å². The van der Waals surface area contributed by atoms with Crippen LogP contribution in [0.3, 0.4) is 0 Å². The summed E-state index contributed by atoms with van der Waals surface area (Å²) in [5.74, 6) is -0.126. The SMILES string of the molecule is CCN(C(=O)/C=C/c1ccc(S(=O)(=O)N2CCOCC2)cc1)c1ccccc1. The Balaban J connectivity index is 1.70. The van der Waals surface area contributed by atoms with Gasteiger partial charge in [0.1, 0.15) is 0 Å². The maximum absolute atomic E-state index is 12.6. The summed E-state index contributed by atoms with van der Waals surface area (Å²) < 4.78 is 31.9.